The number of ether oxygens (including phenoxy) is 2. The molecule has 9 heteroatoms. The number of rotatable bonds is 5. The summed E-state index contributed by atoms with van der Waals surface area (Å²) in [5, 5.41) is 12.5. The second-order valence-electron chi connectivity index (χ2n) is 6.90. The maximum absolute atomic E-state index is 14.1. The number of aromatic nitrogens is 2. The van der Waals surface area contributed by atoms with Gasteiger partial charge in [-0.25, -0.2) is 13.8 Å². The van der Waals surface area contributed by atoms with Gasteiger partial charge in [0.05, 0.1) is 17.6 Å². The van der Waals surface area contributed by atoms with E-state index in [1.807, 2.05) is 6.07 Å². The zero-order valence-electron chi connectivity index (χ0n) is 16.8. The van der Waals surface area contributed by atoms with Crippen LogP contribution in [0.2, 0.25) is 0 Å². The minimum Gasteiger partial charge on any atom is -0.479 e. The Morgan fingerprint density at radius 1 is 1.10 bits per heavy atom. The van der Waals surface area contributed by atoms with Gasteiger partial charge < -0.3 is 14.0 Å². The summed E-state index contributed by atoms with van der Waals surface area (Å²) in [7, 11) is 3.29. The second kappa shape index (κ2) is 7.67. The predicted molar refractivity (Wildman–Crippen MR) is 111 cm³/mol. The molecule has 0 radical (unpaired) electrons. The fourth-order valence-electron chi connectivity index (χ4n) is 3.49. The van der Waals surface area contributed by atoms with Crippen molar-refractivity contribution in [3.05, 3.63) is 76.0 Å². The summed E-state index contributed by atoms with van der Waals surface area (Å²) in [6.45, 7) is 1.51. The molecule has 0 spiro atoms. The molecule has 2 heterocycles. The number of benzene rings is 2. The molecule has 7 nitrogen and oxygen atoms in total. The third-order valence-corrected chi connectivity index (χ3v) is 5.04. The third kappa shape index (κ3) is 3.54. The van der Waals surface area contributed by atoms with E-state index in [-0.39, 0.29) is 22.7 Å². The zero-order valence-corrected chi connectivity index (χ0v) is 16.8. The van der Waals surface area contributed by atoms with Gasteiger partial charge in [-0.15, -0.1) is 0 Å². The molecule has 0 saturated carbocycles. The van der Waals surface area contributed by atoms with Crippen LogP contribution in [0.3, 0.4) is 0 Å². The summed E-state index contributed by atoms with van der Waals surface area (Å²) in [5.74, 6) is -1.39. The van der Waals surface area contributed by atoms with E-state index in [1.165, 1.54) is 20.1 Å². The lowest BCUT2D eigenvalue weighted by Gasteiger charge is -2.13. The quantitative estimate of drug-likeness (QED) is 0.310. The lowest BCUT2D eigenvalue weighted by Crippen LogP contribution is -1.99. The van der Waals surface area contributed by atoms with Gasteiger partial charge in [0.2, 0.25) is 5.88 Å². The number of nitro groups is 1. The zero-order chi connectivity index (χ0) is 22.3. The molecule has 0 N–H and O–H groups in total. The average molecular weight is 425 g/mol. The molecule has 31 heavy (non-hydrogen) atoms. The molecule has 0 unspecified atom stereocenters. The molecule has 158 valence electrons. The molecule has 0 saturated heterocycles. The van der Waals surface area contributed by atoms with Gasteiger partial charge in [0, 0.05) is 42.0 Å². The van der Waals surface area contributed by atoms with Crippen LogP contribution < -0.4 is 9.47 Å². The summed E-state index contributed by atoms with van der Waals surface area (Å²) in [6, 6.07) is 9.53. The van der Waals surface area contributed by atoms with Crippen molar-refractivity contribution in [3.8, 4) is 28.6 Å². The van der Waals surface area contributed by atoms with Gasteiger partial charge in [0.15, 0.2) is 11.6 Å². The Bertz CT molecular complexity index is 1330. The minimum absolute atomic E-state index is 0.0880. The van der Waals surface area contributed by atoms with Gasteiger partial charge in [0.1, 0.15) is 17.1 Å². The van der Waals surface area contributed by atoms with Gasteiger partial charge >= 0.3 is 0 Å². The number of nitrogens with zero attached hydrogens (tertiary/aromatic N) is 3. The van der Waals surface area contributed by atoms with E-state index < -0.39 is 16.6 Å². The summed E-state index contributed by atoms with van der Waals surface area (Å²) in [6.07, 6.45) is 1.61. The normalized spacial score (nSPS) is 11.0. The lowest BCUT2D eigenvalue weighted by atomic mass is 10.1. The molecule has 0 fully saturated rings. The van der Waals surface area contributed by atoms with Gasteiger partial charge in [-0.3, -0.25) is 10.1 Å². The van der Waals surface area contributed by atoms with Gasteiger partial charge in [-0.2, -0.15) is 0 Å². The van der Waals surface area contributed by atoms with Crippen LogP contribution >= 0.6 is 0 Å². The SMILES string of the molecule is COc1nccc2cc(-c3cc(Oc4ccc(F)cc4F)c(C)c([N+](=O)[O-])c3)n(C)c12. The molecule has 2 aromatic heterocycles. The molecule has 0 bridgehead atoms. The number of pyridine rings is 1. The number of halogens is 2. The van der Waals surface area contributed by atoms with Gasteiger partial charge in [0.25, 0.3) is 5.69 Å². The van der Waals surface area contributed by atoms with E-state index in [1.54, 1.807) is 29.9 Å². The molecule has 0 amide bonds. The van der Waals surface area contributed by atoms with Crippen molar-refractivity contribution in [2.24, 2.45) is 7.05 Å². The lowest BCUT2D eigenvalue weighted by molar-refractivity contribution is -0.385. The highest BCUT2D eigenvalue weighted by atomic mass is 19.1. The Morgan fingerprint density at radius 3 is 2.55 bits per heavy atom. The van der Waals surface area contributed by atoms with E-state index in [2.05, 4.69) is 4.98 Å². The highest BCUT2D eigenvalue weighted by Gasteiger charge is 2.22. The number of aryl methyl sites for hydroxylation is 1. The van der Waals surface area contributed by atoms with Gasteiger partial charge in [-0.1, -0.05) is 0 Å². The number of methoxy groups -OCH3 is 1. The maximum Gasteiger partial charge on any atom is 0.276 e. The van der Waals surface area contributed by atoms with Crippen LogP contribution in [0.4, 0.5) is 14.5 Å². The summed E-state index contributed by atoms with van der Waals surface area (Å²) in [5.41, 5.74) is 1.88. The van der Waals surface area contributed by atoms with Crippen LogP contribution in [0.5, 0.6) is 17.4 Å². The van der Waals surface area contributed by atoms with Crippen molar-refractivity contribution in [2.45, 2.75) is 6.92 Å². The fraction of sp³-hybridized carbons (Fsp3) is 0.136. The fourth-order valence-corrected chi connectivity index (χ4v) is 3.49. The van der Waals surface area contributed by atoms with E-state index in [4.69, 9.17) is 9.47 Å². The monoisotopic (exact) mass is 425 g/mol. The smallest absolute Gasteiger partial charge is 0.276 e. The topological polar surface area (TPSA) is 79.4 Å². The van der Waals surface area contributed by atoms with Crippen molar-refractivity contribution in [2.75, 3.05) is 7.11 Å². The number of nitro benzene ring substituents is 1. The van der Waals surface area contributed by atoms with Crippen LogP contribution in [0.25, 0.3) is 22.2 Å². The van der Waals surface area contributed by atoms with E-state index >= 15 is 0 Å². The molecule has 0 aliphatic carbocycles. The predicted octanol–water partition coefficient (Wildman–Crippen LogP) is 5.54. The Hall–Kier alpha value is -4.01. The summed E-state index contributed by atoms with van der Waals surface area (Å²) >= 11 is 0. The summed E-state index contributed by atoms with van der Waals surface area (Å²) < 4.78 is 40.1. The first-order valence-electron chi connectivity index (χ1n) is 9.21. The number of fused-ring (bicyclic) bond motifs is 1. The van der Waals surface area contributed by atoms with Crippen LogP contribution in [0.1, 0.15) is 5.56 Å². The Labute approximate surface area is 175 Å². The molecule has 2 aromatic carbocycles. The number of hydrogen-bond donors (Lipinski definition) is 0. The molecule has 0 atom stereocenters. The summed E-state index contributed by atoms with van der Waals surface area (Å²) in [4.78, 5) is 15.3. The molecule has 4 rings (SSSR count). The van der Waals surface area contributed by atoms with Crippen LogP contribution in [0.15, 0.2) is 48.7 Å². The standard InChI is InChI=1S/C22H17F2N3O4/c1-12-17(27(28)29)9-14(10-20(12)31-19-5-4-15(23)11-16(19)24)18-8-13-6-7-25-22(30-3)21(13)26(18)2/h4-11H,1-3H3. The second-order valence-corrected chi connectivity index (χ2v) is 6.90. The minimum atomic E-state index is -0.909. The Balaban J connectivity index is 1.90. The van der Waals surface area contributed by atoms with Crippen LogP contribution in [-0.2, 0) is 7.05 Å². The van der Waals surface area contributed by atoms with E-state index in [0.29, 0.717) is 23.2 Å². The number of hydrogen-bond acceptors (Lipinski definition) is 5. The molecule has 0 aliphatic heterocycles. The Kier molecular flexibility index (Phi) is 5.02. The highest BCUT2D eigenvalue weighted by molar-refractivity contribution is 5.90. The van der Waals surface area contributed by atoms with Crippen LogP contribution in [-0.4, -0.2) is 21.6 Å². The molecular weight excluding hydrogens is 408 g/mol. The molecule has 0 aliphatic rings. The van der Waals surface area contributed by atoms with E-state index in [9.17, 15) is 18.9 Å². The first kappa shape index (κ1) is 20.3. The highest BCUT2D eigenvalue weighted by Crippen LogP contribution is 2.39. The largest absolute Gasteiger partial charge is 0.479 e. The maximum atomic E-state index is 14.1. The van der Waals surface area contributed by atoms with Gasteiger partial charge in [-0.05, 0) is 37.3 Å². The molecular formula is C22H17F2N3O4. The van der Waals surface area contributed by atoms with Crippen molar-refractivity contribution < 1.29 is 23.2 Å². The molecule has 4 aromatic rings. The van der Waals surface area contributed by atoms with Crippen molar-refractivity contribution in [1.82, 2.24) is 9.55 Å². The first-order chi connectivity index (χ1) is 14.8. The first-order valence-corrected chi connectivity index (χ1v) is 9.21. The van der Waals surface area contributed by atoms with Crippen molar-refractivity contribution in [1.29, 1.82) is 0 Å². The Morgan fingerprint density at radius 2 is 1.87 bits per heavy atom. The van der Waals surface area contributed by atoms with Crippen LogP contribution in [0, 0.1) is 28.7 Å². The third-order valence-electron chi connectivity index (χ3n) is 5.04. The van der Waals surface area contributed by atoms with Crippen molar-refractivity contribution in [3.63, 3.8) is 0 Å². The average Bonchev–Trinajstić information content (AvgIpc) is 3.08. The van der Waals surface area contributed by atoms with Crippen molar-refractivity contribution >= 4 is 16.6 Å². The van der Waals surface area contributed by atoms with E-state index in [0.717, 1.165) is 23.0 Å².